The second-order valence-corrected chi connectivity index (χ2v) is 5.67. The number of rotatable bonds is 2. The van der Waals surface area contributed by atoms with E-state index >= 15 is 0 Å². The Hall–Kier alpha value is -2.54. The molecule has 0 atom stereocenters. The molecular weight excluding hydrogens is 297 g/mol. The lowest BCUT2D eigenvalue weighted by atomic mass is 10.1. The highest BCUT2D eigenvalue weighted by Crippen LogP contribution is 2.25. The van der Waals surface area contributed by atoms with Crippen molar-refractivity contribution in [1.82, 2.24) is 24.4 Å². The molecule has 0 unspecified atom stereocenters. The molecule has 1 aliphatic heterocycles. The number of hydrogen-bond donors (Lipinski definition) is 1. The fourth-order valence-electron chi connectivity index (χ4n) is 3.24. The van der Waals surface area contributed by atoms with Crippen molar-refractivity contribution in [3.63, 3.8) is 0 Å². The van der Waals surface area contributed by atoms with Crippen LogP contribution >= 0.6 is 0 Å². The highest BCUT2D eigenvalue weighted by atomic mass is 19.1. The molecule has 118 valence electrons. The van der Waals surface area contributed by atoms with Crippen LogP contribution in [0.5, 0.6) is 0 Å². The minimum atomic E-state index is -0.377. The Morgan fingerprint density at radius 2 is 2.00 bits per heavy atom. The number of nitrogens with zero attached hydrogens (tertiary/aromatic N) is 4. The molecule has 7 heteroatoms. The van der Waals surface area contributed by atoms with Crippen molar-refractivity contribution >= 4 is 11.0 Å². The SMILES string of the molecule is O=c1n(-c2cnccn2)c2cc(F)ccc2n1C1CCNCC1. The number of imidazole rings is 1. The van der Waals surface area contributed by atoms with E-state index in [0.29, 0.717) is 11.3 Å². The van der Waals surface area contributed by atoms with Crippen LogP contribution in [-0.4, -0.2) is 32.2 Å². The van der Waals surface area contributed by atoms with Gasteiger partial charge in [-0.2, -0.15) is 0 Å². The van der Waals surface area contributed by atoms with Gasteiger partial charge in [-0.1, -0.05) is 0 Å². The van der Waals surface area contributed by atoms with E-state index in [-0.39, 0.29) is 17.5 Å². The molecule has 1 saturated heterocycles. The summed E-state index contributed by atoms with van der Waals surface area (Å²) in [4.78, 5) is 21.2. The van der Waals surface area contributed by atoms with Crippen LogP contribution in [0.4, 0.5) is 4.39 Å². The summed E-state index contributed by atoms with van der Waals surface area (Å²) in [5, 5.41) is 3.30. The smallest absolute Gasteiger partial charge is 0.317 e. The maximum atomic E-state index is 13.7. The van der Waals surface area contributed by atoms with Crippen LogP contribution in [0.3, 0.4) is 0 Å². The highest BCUT2D eigenvalue weighted by Gasteiger charge is 2.23. The number of aromatic nitrogens is 4. The first-order chi connectivity index (χ1) is 11.3. The average Bonchev–Trinajstić information content (AvgIpc) is 2.87. The lowest BCUT2D eigenvalue weighted by Gasteiger charge is -2.23. The predicted molar refractivity (Wildman–Crippen MR) is 84.2 cm³/mol. The van der Waals surface area contributed by atoms with Gasteiger partial charge in [-0.3, -0.25) is 9.55 Å². The zero-order valence-corrected chi connectivity index (χ0v) is 12.4. The van der Waals surface area contributed by atoms with Crippen LogP contribution in [0.15, 0.2) is 41.6 Å². The maximum Gasteiger partial charge on any atom is 0.335 e. The maximum absolute atomic E-state index is 13.7. The third-order valence-corrected chi connectivity index (χ3v) is 4.29. The molecule has 4 rings (SSSR count). The third kappa shape index (κ3) is 2.33. The van der Waals surface area contributed by atoms with E-state index in [1.165, 1.54) is 29.1 Å². The summed E-state index contributed by atoms with van der Waals surface area (Å²) in [6.45, 7) is 1.74. The van der Waals surface area contributed by atoms with Crippen LogP contribution in [-0.2, 0) is 0 Å². The van der Waals surface area contributed by atoms with Gasteiger partial charge in [0.05, 0.1) is 17.2 Å². The van der Waals surface area contributed by atoms with Crippen molar-refractivity contribution in [2.45, 2.75) is 18.9 Å². The van der Waals surface area contributed by atoms with Crippen LogP contribution < -0.4 is 11.0 Å². The van der Waals surface area contributed by atoms with Crippen LogP contribution in [0.25, 0.3) is 16.9 Å². The number of fused-ring (bicyclic) bond motifs is 1. The Kier molecular flexibility index (Phi) is 3.42. The fraction of sp³-hybridized carbons (Fsp3) is 0.312. The van der Waals surface area contributed by atoms with Crippen LogP contribution in [0, 0.1) is 5.82 Å². The number of benzene rings is 1. The predicted octanol–water partition coefficient (Wildman–Crippen LogP) is 1.65. The first-order valence-electron chi connectivity index (χ1n) is 7.65. The highest BCUT2D eigenvalue weighted by molar-refractivity contribution is 5.78. The summed E-state index contributed by atoms with van der Waals surface area (Å²) in [5.74, 6) is 0.0263. The largest absolute Gasteiger partial charge is 0.335 e. The number of halogens is 1. The molecule has 1 fully saturated rings. The van der Waals surface area contributed by atoms with E-state index < -0.39 is 0 Å². The molecule has 23 heavy (non-hydrogen) atoms. The van der Waals surface area contributed by atoms with Crippen molar-refractivity contribution in [2.24, 2.45) is 0 Å². The monoisotopic (exact) mass is 313 g/mol. The molecule has 3 aromatic rings. The lowest BCUT2D eigenvalue weighted by molar-refractivity contribution is 0.367. The summed E-state index contributed by atoms with van der Waals surface area (Å²) in [6.07, 6.45) is 6.32. The molecular formula is C16H16FN5O. The van der Waals surface area contributed by atoms with E-state index in [9.17, 15) is 9.18 Å². The molecule has 0 radical (unpaired) electrons. The van der Waals surface area contributed by atoms with Crippen LogP contribution in [0.1, 0.15) is 18.9 Å². The summed E-state index contributed by atoms with van der Waals surface area (Å²) in [7, 11) is 0. The molecule has 3 heterocycles. The molecule has 1 aromatic carbocycles. The summed E-state index contributed by atoms with van der Waals surface area (Å²) < 4.78 is 17.0. The van der Waals surface area contributed by atoms with Gasteiger partial charge in [0.25, 0.3) is 0 Å². The zero-order valence-electron chi connectivity index (χ0n) is 12.4. The van der Waals surface area contributed by atoms with E-state index in [1.807, 2.05) is 0 Å². The number of piperidine rings is 1. The minimum absolute atomic E-state index is 0.106. The first-order valence-corrected chi connectivity index (χ1v) is 7.65. The van der Waals surface area contributed by atoms with Crippen molar-refractivity contribution in [1.29, 1.82) is 0 Å². The van der Waals surface area contributed by atoms with Gasteiger partial charge < -0.3 is 5.32 Å². The third-order valence-electron chi connectivity index (χ3n) is 4.29. The number of hydrogen-bond acceptors (Lipinski definition) is 4. The topological polar surface area (TPSA) is 64.7 Å². The fourth-order valence-corrected chi connectivity index (χ4v) is 3.24. The van der Waals surface area contributed by atoms with Gasteiger partial charge in [-0.05, 0) is 38.1 Å². The quantitative estimate of drug-likeness (QED) is 0.781. The van der Waals surface area contributed by atoms with Gasteiger partial charge in [-0.15, -0.1) is 0 Å². The van der Waals surface area contributed by atoms with E-state index in [2.05, 4.69) is 15.3 Å². The lowest BCUT2D eigenvalue weighted by Crippen LogP contribution is -2.34. The molecule has 0 aliphatic carbocycles. The van der Waals surface area contributed by atoms with Crippen molar-refractivity contribution in [2.75, 3.05) is 13.1 Å². The molecule has 0 spiro atoms. The molecule has 1 N–H and O–H groups in total. The Morgan fingerprint density at radius 1 is 1.17 bits per heavy atom. The summed E-state index contributed by atoms with van der Waals surface area (Å²) >= 11 is 0. The molecule has 0 amide bonds. The normalized spacial score (nSPS) is 16.0. The van der Waals surface area contributed by atoms with Crippen molar-refractivity contribution in [3.8, 4) is 5.82 Å². The zero-order chi connectivity index (χ0) is 15.8. The Morgan fingerprint density at radius 3 is 2.74 bits per heavy atom. The van der Waals surface area contributed by atoms with Gasteiger partial charge in [0.1, 0.15) is 5.82 Å². The molecule has 6 nitrogen and oxygen atoms in total. The second-order valence-electron chi connectivity index (χ2n) is 5.67. The minimum Gasteiger partial charge on any atom is -0.317 e. The Labute approximate surface area is 131 Å². The summed E-state index contributed by atoms with van der Waals surface area (Å²) in [6, 6.07) is 4.54. The molecule has 0 saturated carbocycles. The average molecular weight is 313 g/mol. The molecule has 1 aliphatic rings. The van der Waals surface area contributed by atoms with E-state index in [0.717, 1.165) is 31.4 Å². The van der Waals surface area contributed by atoms with E-state index in [4.69, 9.17) is 0 Å². The van der Waals surface area contributed by atoms with Gasteiger partial charge in [0.15, 0.2) is 5.82 Å². The summed E-state index contributed by atoms with van der Waals surface area (Å²) in [5.41, 5.74) is 1.06. The number of nitrogens with one attached hydrogen (secondary N) is 1. The van der Waals surface area contributed by atoms with E-state index in [1.54, 1.807) is 16.8 Å². The first kappa shape index (κ1) is 14.1. The van der Waals surface area contributed by atoms with Gasteiger partial charge in [0.2, 0.25) is 0 Å². The Bertz CT molecular complexity index is 896. The molecule has 2 aromatic heterocycles. The molecule has 0 bridgehead atoms. The van der Waals surface area contributed by atoms with Gasteiger partial charge in [-0.25, -0.2) is 18.7 Å². The van der Waals surface area contributed by atoms with Gasteiger partial charge in [0, 0.05) is 24.5 Å². The van der Waals surface area contributed by atoms with Crippen LogP contribution in [0.2, 0.25) is 0 Å². The standard InChI is InChI=1S/C16H16FN5O/c17-11-1-2-13-14(9-11)22(15-10-19-7-8-20-15)16(23)21(13)12-3-5-18-6-4-12/h1-2,7-10,12,18H,3-6H2. The van der Waals surface area contributed by atoms with Crippen molar-refractivity contribution < 1.29 is 4.39 Å². The van der Waals surface area contributed by atoms with Crippen molar-refractivity contribution in [3.05, 3.63) is 53.1 Å². The Balaban J connectivity index is 2.01. The van der Waals surface area contributed by atoms with Gasteiger partial charge >= 0.3 is 5.69 Å². The second kappa shape index (κ2) is 5.58.